The largest absolute Gasteiger partial charge is 0.348 e. The van der Waals surface area contributed by atoms with Crippen LogP contribution < -0.4 is 11.1 Å². The average molecular weight is 429 g/mol. The molecular formula is C23H32N4O2S. The lowest BCUT2D eigenvalue weighted by Gasteiger charge is -2.33. The van der Waals surface area contributed by atoms with Crippen LogP contribution in [0, 0.1) is 12.3 Å². The molecule has 0 aliphatic carbocycles. The molecule has 3 atom stereocenters. The summed E-state index contributed by atoms with van der Waals surface area (Å²) in [6.07, 6.45) is 1.49. The average Bonchev–Trinajstić information content (AvgIpc) is 3.35. The SMILES string of the molecule is Cc1scnc1-c1ccc(C(C)NC(=O)C2CCCN2C(=O)C(N)C(C)(C)C)cc1. The van der Waals surface area contributed by atoms with Crippen LogP contribution in [0.1, 0.15) is 57.0 Å². The molecule has 0 bridgehead atoms. The molecule has 1 aliphatic heterocycles. The number of carbonyl (C=O) groups excluding carboxylic acids is 2. The summed E-state index contributed by atoms with van der Waals surface area (Å²) in [5, 5.41) is 3.08. The zero-order valence-electron chi connectivity index (χ0n) is 18.4. The second kappa shape index (κ2) is 8.86. The molecule has 1 aromatic carbocycles. The second-order valence-electron chi connectivity index (χ2n) is 9.14. The zero-order valence-corrected chi connectivity index (χ0v) is 19.3. The number of amides is 2. The van der Waals surface area contributed by atoms with E-state index in [4.69, 9.17) is 5.73 Å². The Labute approximate surface area is 182 Å². The van der Waals surface area contributed by atoms with E-state index in [2.05, 4.69) is 17.2 Å². The molecule has 1 aromatic heterocycles. The Hall–Kier alpha value is -2.25. The molecule has 1 aliphatic rings. The molecule has 162 valence electrons. The third-order valence-corrected chi connectivity index (χ3v) is 6.58. The highest BCUT2D eigenvalue weighted by Crippen LogP contribution is 2.27. The lowest BCUT2D eigenvalue weighted by Crippen LogP contribution is -2.55. The third kappa shape index (κ3) is 4.73. The first kappa shape index (κ1) is 22.4. The second-order valence-corrected chi connectivity index (χ2v) is 10.2. The molecule has 0 saturated carbocycles. The summed E-state index contributed by atoms with van der Waals surface area (Å²) in [7, 11) is 0. The monoisotopic (exact) mass is 428 g/mol. The zero-order chi connectivity index (χ0) is 22.1. The van der Waals surface area contributed by atoms with E-state index in [-0.39, 0.29) is 23.3 Å². The molecule has 2 aromatic rings. The smallest absolute Gasteiger partial charge is 0.243 e. The van der Waals surface area contributed by atoms with Crippen LogP contribution in [0.3, 0.4) is 0 Å². The predicted molar refractivity (Wildman–Crippen MR) is 121 cm³/mol. The number of hydrogen-bond donors (Lipinski definition) is 2. The molecule has 30 heavy (non-hydrogen) atoms. The van der Waals surface area contributed by atoms with Crippen LogP contribution in [-0.4, -0.2) is 40.3 Å². The molecule has 0 radical (unpaired) electrons. The third-order valence-electron chi connectivity index (χ3n) is 5.83. The van der Waals surface area contributed by atoms with Crippen molar-refractivity contribution in [3.05, 3.63) is 40.2 Å². The first-order chi connectivity index (χ1) is 14.1. The minimum absolute atomic E-state index is 0.117. The van der Waals surface area contributed by atoms with Gasteiger partial charge in [-0.05, 0) is 37.7 Å². The summed E-state index contributed by atoms with van der Waals surface area (Å²) in [6.45, 7) is 10.4. The number of aryl methyl sites for hydroxylation is 1. The Morgan fingerprint density at radius 2 is 1.93 bits per heavy atom. The number of aromatic nitrogens is 1. The van der Waals surface area contributed by atoms with E-state index in [1.165, 1.54) is 4.88 Å². The van der Waals surface area contributed by atoms with Crippen LogP contribution in [0.2, 0.25) is 0 Å². The first-order valence-corrected chi connectivity index (χ1v) is 11.3. The molecular weight excluding hydrogens is 396 g/mol. The quantitative estimate of drug-likeness (QED) is 0.761. The number of thiazole rings is 1. The number of nitrogens with one attached hydrogen (secondary N) is 1. The van der Waals surface area contributed by atoms with Gasteiger partial charge >= 0.3 is 0 Å². The van der Waals surface area contributed by atoms with Gasteiger partial charge in [-0.25, -0.2) is 4.98 Å². The molecule has 1 saturated heterocycles. The van der Waals surface area contributed by atoms with Crippen LogP contribution in [0.25, 0.3) is 11.3 Å². The molecule has 0 spiro atoms. The normalized spacial score (nSPS) is 18.9. The van der Waals surface area contributed by atoms with Crippen molar-refractivity contribution >= 4 is 23.2 Å². The van der Waals surface area contributed by atoms with E-state index in [9.17, 15) is 9.59 Å². The summed E-state index contributed by atoms with van der Waals surface area (Å²) in [4.78, 5) is 33.1. The molecule has 3 N–H and O–H groups in total. The van der Waals surface area contributed by atoms with Crippen LogP contribution in [0.5, 0.6) is 0 Å². The number of benzene rings is 1. The van der Waals surface area contributed by atoms with E-state index < -0.39 is 12.1 Å². The molecule has 1 fully saturated rings. The van der Waals surface area contributed by atoms with Gasteiger partial charge < -0.3 is 16.0 Å². The van der Waals surface area contributed by atoms with Crippen molar-refractivity contribution < 1.29 is 9.59 Å². The topological polar surface area (TPSA) is 88.3 Å². The maximum Gasteiger partial charge on any atom is 0.243 e. The van der Waals surface area contributed by atoms with Crippen molar-refractivity contribution in [2.75, 3.05) is 6.54 Å². The van der Waals surface area contributed by atoms with Gasteiger partial charge in [0.25, 0.3) is 0 Å². The summed E-state index contributed by atoms with van der Waals surface area (Å²) < 4.78 is 0. The van der Waals surface area contributed by atoms with Gasteiger partial charge in [0.15, 0.2) is 0 Å². The Morgan fingerprint density at radius 1 is 1.27 bits per heavy atom. The first-order valence-electron chi connectivity index (χ1n) is 10.5. The molecule has 7 heteroatoms. The van der Waals surface area contributed by atoms with Gasteiger partial charge in [0.05, 0.1) is 23.3 Å². The van der Waals surface area contributed by atoms with Crippen molar-refractivity contribution in [1.82, 2.24) is 15.2 Å². The molecule has 3 unspecified atom stereocenters. The van der Waals surface area contributed by atoms with Crippen molar-refractivity contribution in [3.63, 3.8) is 0 Å². The summed E-state index contributed by atoms with van der Waals surface area (Å²) in [5.74, 6) is -0.260. The predicted octanol–water partition coefficient (Wildman–Crippen LogP) is 3.66. The Morgan fingerprint density at radius 3 is 2.50 bits per heavy atom. The summed E-state index contributed by atoms with van der Waals surface area (Å²) in [6, 6.07) is 6.88. The fourth-order valence-electron chi connectivity index (χ4n) is 3.76. The van der Waals surface area contributed by atoms with Gasteiger partial charge in [-0.3, -0.25) is 9.59 Å². The highest BCUT2D eigenvalue weighted by molar-refractivity contribution is 7.10. The summed E-state index contributed by atoms with van der Waals surface area (Å²) in [5.41, 5.74) is 10.8. The molecule has 3 rings (SSSR count). The number of hydrogen-bond acceptors (Lipinski definition) is 5. The number of rotatable bonds is 5. The Kier molecular flexibility index (Phi) is 6.62. The molecule has 6 nitrogen and oxygen atoms in total. The number of nitrogens with zero attached hydrogens (tertiary/aromatic N) is 2. The van der Waals surface area contributed by atoms with Crippen molar-refractivity contribution in [3.8, 4) is 11.3 Å². The minimum Gasteiger partial charge on any atom is -0.348 e. The maximum absolute atomic E-state index is 13.0. The number of nitrogens with two attached hydrogens (primary N) is 1. The van der Waals surface area contributed by atoms with E-state index in [1.807, 2.05) is 57.5 Å². The van der Waals surface area contributed by atoms with Crippen molar-refractivity contribution in [2.45, 2.75) is 65.6 Å². The van der Waals surface area contributed by atoms with E-state index >= 15 is 0 Å². The standard InChI is InChI=1S/C23H32N4O2S/c1-14(16-8-10-17(11-9-16)19-15(2)30-13-25-19)26-21(28)18-7-6-12-27(18)22(29)20(24)23(3,4)5/h8-11,13-14,18,20H,6-7,12,24H2,1-5H3,(H,26,28). The van der Waals surface area contributed by atoms with Crippen LogP contribution in [0.4, 0.5) is 0 Å². The van der Waals surface area contributed by atoms with Crippen molar-refractivity contribution in [1.29, 1.82) is 0 Å². The van der Waals surface area contributed by atoms with Gasteiger partial charge in [0.2, 0.25) is 11.8 Å². The van der Waals surface area contributed by atoms with Gasteiger partial charge in [-0.2, -0.15) is 0 Å². The van der Waals surface area contributed by atoms with Gasteiger partial charge in [0, 0.05) is 17.0 Å². The Bertz CT molecular complexity index is 901. The lowest BCUT2D eigenvalue weighted by molar-refractivity contribution is -0.141. The van der Waals surface area contributed by atoms with E-state index in [0.29, 0.717) is 13.0 Å². The van der Waals surface area contributed by atoms with Gasteiger partial charge in [0.1, 0.15) is 6.04 Å². The highest BCUT2D eigenvalue weighted by Gasteiger charge is 2.39. The van der Waals surface area contributed by atoms with Gasteiger partial charge in [-0.1, -0.05) is 45.0 Å². The fourth-order valence-corrected chi connectivity index (χ4v) is 4.36. The number of likely N-dealkylation sites (tertiary alicyclic amines) is 1. The lowest BCUT2D eigenvalue weighted by atomic mass is 9.86. The van der Waals surface area contributed by atoms with Crippen molar-refractivity contribution in [2.24, 2.45) is 11.1 Å². The fraction of sp³-hybridized carbons (Fsp3) is 0.522. The minimum atomic E-state index is -0.620. The highest BCUT2D eigenvalue weighted by atomic mass is 32.1. The Balaban J connectivity index is 1.66. The molecule has 2 amide bonds. The molecule has 2 heterocycles. The maximum atomic E-state index is 13.0. The van der Waals surface area contributed by atoms with Gasteiger partial charge in [-0.15, -0.1) is 11.3 Å². The van der Waals surface area contributed by atoms with Crippen LogP contribution in [0.15, 0.2) is 29.8 Å². The van der Waals surface area contributed by atoms with Crippen LogP contribution >= 0.6 is 11.3 Å². The van der Waals surface area contributed by atoms with E-state index in [1.54, 1.807) is 16.2 Å². The number of carbonyl (C=O) groups is 2. The van der Waals surface area contributed by atoms with E-state index in [0.717, 1.165) is 23.2 Å². The summed E-state index contributed by atoms with van der Waals surface area (Å²) >= 11 is 1.63. The van der Waals surface area contributed by atoms with Crippen LogP contribution in [-0.2, 0) is 9.59 Å².